The van der Waals surface area contributed by atoms with Gasteiger partial charge in [0.15, 0.2) is 0 Å². The second-order valence-corrected chi connectivity index (χ2v) is 4.16. The van der Waals surface area contributed by atoms with Gasteiger partial charge in [-0.15, -0.1) is 0 Å². The van der Waals surface area contributed by atoms with Gasteiger partial charge in [0, 0.05) is 13.2 Å². The zero-order valence-electron chi connectivity index (χ0n) is 8.38. The lowest BCUT2D eigenvalue weighted by Gasteiger charge is -2.04. The molecule has 0 fully saturated rings. The molecule has 1 N–H and O–H groups in total. The molecule has 0 aliphatic carbocycles. The average molecular weight is 254 g/mol. The van der Waals surface area contributed by atoms with E-state index < -0.39 is 0 Å². The van der Waals surface area contributed by atoms with Crippen LogP contribution in [0.15, 0.2) is 34.8 Å². The maximum Gasteiger partial charge on any atom is 0.223 e. The van der Waals surface area contributed by atoms with E-state index in [2.05, 4.69) is 25.3 Å². The van der Waals surface area contributed by atoms with E-state index in [9.17, 15) is 0 Å². The van der Waals surface area contributed by atoms with Crippen molar-refractivity contribution in [1.82, 2.24) is 19.9 Å². The average Bonchev–Trinajstić information content (AvgIpc) is 2.33. The standard InChI is InChI=1S/C9H8ClN5S/c1-11-9-13-4-6(10)8(15-9)16-7-2-3-12-5-14-7/h2-5H,1H3,(H,11,13,15). The maximum atomic E-state index is 5.99. The number of hydrogen-bond acceptors (Lipinski definition) is 6. The topological polar surface area (TPSA) is 63.6 Å². The quantitative estimate of drug-likeness (QED) is 0.846. The number of anilines is 1. The number of rotatable bonds is 3. The van der Waals surface area contributed by atoms with Crippen molar-refractivity contribution in [3.05, 3.63) is 29.8 Å². The fourth-order valence-electron chi connectivity index (χ4n) is 0.981. The summed E-state index contributed by atoms with van der Waals surface area (Å²) in [5.74, 6) is 0.529. The Morgan fingerprint density at radius 1 is 1.38 bits per heavy atom. The molecule has 82 valence electrons. The molecule has 0 aliphatic rings. The van der Waals surface area contributed by atoms with Crippen molar-refractivity contribution < 1.29 is 0 Å². The fourth-order valence-corrected chi connectivity index (χ4v) is 1.90. The minimum absolute atomic E-state index is 0.502. The molecule has 2 aromatic rings. The van der Waals surface area contributed by atoms with Crippen molar-refractivity contribution in [2.75, 3.05) is 12.4 Å². The van der Waals surface area contributed by atoms with E-state index >= 15 is 0 Å². The largest absolute Gasteiger partial charge is 0.357 e. The molecule has 0 bridgehead atoms. The lowest BCUT2D eigenvalue weighted by molar-refractivity contribution is 1.02. The monoisotopic (exact) mass is 253 g/mol. The van der Waals surface area contributed by atoms with Gasteiger partial charge < -0.3 is 5.32 Å². The molecule has 0 atom stereocenters. The van der Waals surface area contributed by atoms with Crippen LogP contribution in [0.2, 0.25) is 5.02 Å². The molecule has 0 radical (unpaired) electrons. The third-order valence-corrected chi connectivity index (χ3v) is 3.04. The first-order valence-corrected chi connectivity index (χ1v) is 5.63. The predicted octanol–water partition coefficient (Wildman–Crippen LogP) is 2.11. The van der Waals surface area contributed by atoms with Gasteiger partial charge in [-0.25, -0.2) is 19.9 Å². The normalized spacial score (nSPS) is 10.1. The van der Waals surface area contributed by atoms with Crippen LogP contribution in [-0.2, 0) is 0 Å². The highest BCUT2D eigenvalue weighted by molar-refractivity contribution is 7.99. The first-order valence-electron chi connectivity index (χ1n) is 4.44. The molecule has 7 heteroatoms. The van der Waals surface area contributed by atoms with Crippen LogP contribution in [0, 0.1) is 0 Å². The van der Waals surface area contributed by atoms with Gasteiger partial charge >= 0.3 is 0 Å². The Morgan fingerprint density at radius 2 is 2.25 bits per heavy atom. The van der Waals surface area contributed by atoms with Crippen molar-refractivity contribution >= 4 is 29.3 Å². The zero-order valence-corrected chi connectivity index (χ0v) is 9.96. The molecule has 2 aromatic heterocycles. The Hall–Kier alpha value is -1.40. The maximum absolute atomic E-state index is 5.99. The SMILES string of the molecule is CNc1ncc(Cl)c(Sc2ccncn2)n1. The minimum atomic E-state index is 0.502. The second-order valence-electron chi connectivity index (χ2n) is 2.75. The van der Waals surface area contributed by atoms with Gasteiger partial charge in [-0.1, -0.05) is 11.6 Å². The number of nitrogens with zero attached hydrogens (tertiary/aromatic N) is 4. The summed E-state index contributed by atoms with van der Waals surface area (Å²) in [7, 11) is 1.75. The van der Waals surface area contributed by atoms with Crippen LogP contribution in [-0.4, -0.2) is 27.0 Å². The van der Waals surface area contributed by atoms with E-state index in [1.165, 1.54) is 18.1 Å². The van der Waals surface area contributed by atoms with Crippen LogP contribution in [0.4, 0.5) is 5.95 Å². The lowest BCUT2D eigenvalue weighted by Crippen LogP contribution is -1.97. The molecule has 2 heterocycles. The van der Waals surface area contributed by atoms with Crippen LogP contribution in [0.3, 0.4) is 0 Å². The van der Waals surface area contributed by atoms with Crippen molar-refractivity contribution in [2.24, 2.45) is 0 Å². The summed E-state index contributed by atoms with van der Waals surface area (Å²) in [5.41, 5.74) is 0. The van der Waals surface area contributed by atoms with Crippen LogP contribution in [0.25, 0.3) is 0 Å². The number of halogens is 1. The summed E-state index contributed by atoms with van der Waals surface area (Å²) in [6.07, 6.45) is 4.71. The lowest BCUT2D eigenvalue weighted by atomic mass is 10.6. The molecule has 0 saturated carbocycles. The number of nitrogens with one attached hydrogen (secondary N) is 1. The first-order chi connectivity index (χ1) is 7.79. The van der Waals surface area contributed by atoms with E-state index in [1.807, 2.05) is 0 Å². The number of hydrogen-bond donors (Lipinski definition) is 1. The van der Waals surface area contributed by atoms with E-state index in [1.54, 1.807) is 25.5 Å². The van der Waals surface area contributed by atoms with E-state index in [4.69, 9.17) is 11.6 Å². The Bertz CT molecular complexity index is 479. The van der Waals surface area contributed by atoms with Gasteiger partial charge in [0.25, 0.3) is 0 Å². The smallest absolute Gasteiger partial charge is 0.223 e. The van der Waals surface area contributed by atoms with E-state index in [0.29, 0.717) is 16.0 Å². The van der Waals surface area contributed by atoms with Gasteiger partial charge in [0.05, 0.1) is 11.2 Å². The van der Waals surface area contributed by atoms with Crippen molar-refractivity contribution in [3.8, 4) is 0 Å². The fraction of sp³-hybridized carbons (Fsp3) is 0.111. The Balaban J connectivity index is 2.27. The molecule has 0 aromatic carbocycles. The minimum Gasteiger partial charge on any atom is -0.357 e. The Kier molecular flexibility index (Phi) is 3.53. The Morgan fingerprint density at radius 3 is 2.94 bits per heavy atom. The van der Waals surface area contributed by atoms with Crippen LogP contribution < -0.4 is 5.32 Å². The molecule has 2 rings (SSSR count). The zero-order chi connectivity index (χ0) is 11.4. The summed E-state index contributed by atoms with van der Waals surface area (Å²) < 4.78 is 0. The van der Waals surface area contributed by atoms with Crippen molar-refractivity contribution in [3.63, 3.8) is 0 Å². The highest BCUT2D eigenvalue weighted by Gasteiger charge is 2.07. The molecule has 0 unspecified atom stereocenters. The first kappa shape index (κ1) is 11.1. The van der Waals surface area contributed by atoms with E-state index in [0.717, 1.165) is 5.03 Å². The molecular formula is C9H8ClN5S. The third kappa shape index (κ3) is 2.59. The molecular weight excluding hydrogens is 246 g/mol. The molecule has 0 amide bonds. The van der Waals surface area contributed by atoms with Crippen LogP contribution in [0.5, 0.6) is 0 Å². The highest BCUT2D eigenvalue weighted by Crippen LogP contribution is 2.29. The predicted molar refractivity (Wildman–Crippen MR) is 62.7 cm³/mol. The van der Waals surface area contributed by atoms with Crippen molar-refractivity contribution in [1.29, 1.82) is 0 Å². The van der Waals surface area contributed by atoms with Crippen LogP contribution >= 0.6 is 23.4 Å². The van der Waals surface area contributed by atoms with Gasteiger partial charge in [0.2, 0.25) is 5.95 Å². The van der Waals surface area contributed by atoms with E-state index in [-0.39, 0.29) is 0 Å². The summed E-state index contributed by atoms with van der Waals surface area (Å²) >= 11 is 7.36. The molecule has 5 nitrogen and oxygen atoms in total. The summed E-state index contributed by atoms with van der Waals surface area (Å²) in [6, 6.07) is 1.79. The van der Waals surface area contributed by atoms with Crippen LogP contribution in [0.1, 0.15) is 0 Å². The molecule has 0 aliphatic heterocycles. The summed E-state index contributed by atoms with van der Waals surface area (Å²) in [4.78, 5) is 16.2. The van der Waals surface area contributed by atoms with Gasteiger partial charge in [-0.2, -0.15) is 0 Å². The third-order valence-electron chi connectivity index (χ3n) is 1.69. The molecule has 16 heavy (non-hydrogen) atoms. The summed E-state index contributed by atoms with van der Waals surface area (Å²) in [6.45, 7) is 0. The van der Waals surface area contributed by atoms with Gasteiger partial charge in [-0.05, 0) is 17.8 Å². The summed E-state index contributed by atoms with van der Waals surface area (Å²) in [5, 5.41) is 4.81. The van der Waals surface area contributed by atoms with Crippen molar-refractivity contribution in [2.45, 2.75) is 10.1 Å². The molecule has 0 spiro atoms. The molecule has 0 saturated heterocycles. The van der Waals surface area contributed by atoms with Gasteiger partial charge in [-0.3, -0.25) is 0 Å². The Labute approximate surface area is 102 Å². The second kappa shape index (κ2) is 5.09. The van der Waals surface area contributed by atoms with Gasteiger partial charge in [0.1, 0.15) is 16.4 Å². The number of aromatic nitrogens is 4. The highest BCUT2D eigenvalue weighted by atomic mass is 35.5.